The Labute approximate surface area is 130 Å². The summed E-state index contributed by atoms with van der Waals surface area (Å²) < 4.78 is 10.8. The van der Waals surface area contributed by atoms with Crippen LogP contribution in [0, 0.1) is 13.8 Å². The summed E-state index contributed by atoms with van der Waals surface area (Å²) in [7, 11) is 1.71. The topological polar surface area (TPSA) is 43.4 Å². The molecule has 0 saturated heterocycles. The van der Waals surface area contributed by atoms with Gasteiger partial charge in [-0.15, -0.1) is 11.3 Å². The third kappa shape index (κ3) is 5.12. The lowest BCUT2D eigenvalue weighted by atomic mass is 10.2. The summed E-state index contributed by atoms with van der Waals surface area (Å²) in [6, 6.07) is 8.14. The quantitative estimate of drug-likeness (QED) is 0.761. The normalized spacial score (nSPS) is 10.8. The number of thiazole rings is 1. The SMILES string of the molecule is COCCNCc1cccc(OCc2nc(C)c(C)s2)c1. The van der Waals surface area contributed by atoms with Crippen molar-refractivity contribution in [2.24, 2.45) is 0 Å². The van der Waals surface area contributed by atoms with E-state index in [-0.39, 0.29) is 0 Å². The zero-order chi connectivity index (χ0) is 15.1. The van der Waals surface area contributed by atoms with Crippen LogP contribution < -0.4 is 10.1 Å². The molecule has 0 fully saturated rings. The lowest BCUT2D eigenvalue weighted by Gasteiger charge is -2.08. The molecule has 0 amide bonds. The van der Waals surface area contributed by atoms with E-state index >= 15 is 0 Å². The molecule has 1 aromatic heterocycles. The largest absolute Gasteiger partial charge is 0.486 e. The Bertz CT molecular complexity index is 550. The van der Waals surface area contributed by atoms with Crippen molar-refractivity contribution >= 4 is 11.3 Å². The highest BCUT2D eigenvalue weighted by molar-refractivity contribution is 7.11. The summed E-state index contributed by atoms with van der Waals surface area (Å²) in [4.78, 5) is 5.74. The first-order valence-electron chi connectivity index (χ1n) is 7.03. The Morgan fingerprint density at radius 2 is 2.14 bits per heavy atom. The molecule has 0 aliphatic rings. The monoisotopic (exact) mass is 306 g/mol. The van der Waals surface area contributed by atoms with E-state index in [2.05, 4.69) is 29.4 Å². The van der Waals surface area contributed by atoms with E-state index in [1.807, 2.05) is 19.1 Å². The summed E-state index contributed by atoms with van der Waals surface area (Å²) in [6.45, 7) is 7.03. The molecule has 0 bridgehead atoms. The van der Waals surface area contributed by atoms with Gasteiger partial charge in [0, 0.05) is 25.1 Å². The van der Waals surface area contributed by atoms with Crippen molar-refractivity contribution in [3.8, 4) is 5.75 Å². The Morgan fingerprint density at radius 1 is 1.29 bits per heavy atom. The van der Waals surface area contributed by atoms with Crippen molar-refractivity contribution in [1.29, 1.82) is 0 Å². The van der Waals surface area contributed by atoms with Crippen LogP contribution in [0.25, 0.3) is 0 Å². The van der Waals surface area contributed by atoms with Crippen LogP contribution in [0.3, 0.4) is 0 Å². The fourth-order valence-corrected chi connectivity index (χ4v) is 2.75. The molecule has 0 atom stereocenters. The molecule has 0 aliphatic carbocycles. The van der Waals surface area contributed by atoms with E-state index in [0.29, 0.717) is 6.61 Å². The molecule has 0 spiro atoms. The van der Waals surface area contributed by atoms with Gasteiger partial charge in [-0.05, 0) is 31.5 Å². The summed E-state index contributed by atoms with van der Waals surface area (Å²) in [6.07, 6.45) is 0. The minimum absolute atomic E-state index is 0.528. The van der Waals surface area contributed by atoms with Crippen LogP contribution in [-0.4, -0.2) is 25.2 Å². The summed E-state index contributed by atoms with van der Waals surface area (Å²) in [5, 5.41) is 4.35. The Hall–Kier alpha value is -1.43. The number of hydrogen-bond acceptors (Lipinski definition) is 5. The van der Waals surface area contributed by atoms with E-state index in [9.17, 15) is 0 Å². The number of methoxy groups -OCH3 is 1. The van der Waals surface area contributed by atoms with E-state index < -0.39 is 0 Å². The number of ether oxygens (including phenoxy) is 2. The lowest BCUT2D eigenvalue weighted by molar-refractivity contribution is 0.199. The molecule has 0 radical (unpaired) electrons. The van der Waals surface area contributed by atoms with Gasteiger partial charge >= 0.3 is 0 Å². The van der Waals surface area contributed by atoms with Gasteiger partial charge in [0.05, 0.1) is 12.3 Å². The maximum Gasteiger partial charge on any atom is 0.140 e. The molecule has 0 unspecified atom stereocenters. The molecule has 0 saturated carbocycles. The van der Waals surface area contributed by atoms with Crippen molar-refractivity contribution in [1.82, 2.24) is 10.3 Å². The van der Waals surface area contributed by atoms with Crippen molar-refractivity contribution in [3.63, 3.8) is 0 Å². The number of rotatable bonds is 8. The van der Waals surface area contributed by atoms with E-state index in [0.717, 1.165) is 36.1 Å². The van der Waals surface area contributed by atoms with Crippen LogP contribution in [0.2, 0.25) is 0 Å². The third-order valence-electron chi connectivity index (χ3n) is 3.15. The van der Waals surface area contributed by atoms with Crippen LogP contribution in [0.1, 0.15) is 21.1 Å². The highest BCUT2D eigenvalue weighted by atomic mass is 32.1. The van der Waals surface area contributed by atoms with Gasteiger partial charge < -0.3 is 14.8 Å². The summed E-state index contributed by atoms with van der Waals surface area (Å²) in [5.74, 6) is 0.881. The molecule has 1 heterocycles. The third-order valence-corrected chi connectivity index (χ3v) is 4.19. The lowest BCUT2D eigenvalue weighted by Crippen LogP contribution is -2.18. The first-order chi connectivity index (χ1) is 10.2. The smallest absolute Gasteiger partial charge is 0.140 e. The molecule has 0 aliphatic heterocycles. The van der Waals surface area contributed by atoms with Gasteiger partial charge in [-0.3, -0.25) is 0 Å². The second kappa shape index (κ2) is 8.12. The zero-order valence-electron chi connectivity index (χ0n) is 12.8. The molecule has 1 N–H and O–H groups in total. The second-order valence-electron chi connectivity index (χ2n) is 4.85. The van der Waals surface area contributed by atoms with Gasteiger partial charge in [-0.25, -0.2) is 4.98 Å². The molecule has 4 nitrogen and oxygen atoms in total. The standard InChI is InChI=1S/C16H22N2O2S/c1-12-13(2)21-16(18-12)11-20-15-6-4-5-14(9-15)10-17-7-8-19-3/h4-6,9,17H,7-8,10-11H2,1-3H3. The van der Waals surface area contributed by atoms with Crippen LogP contribution >= 0.6 is 11.3 Å². The number of nitrogens with one attached hydrogen (secondary N) is 1. The zero-order valence-corrected chi connectivity index (χ0v) is 13.6. The fraction of sp³-hybridized carbons (Fsp3) is 0.438. The molecular formula is C16H22N2O2S. The molecule has 1 aromatic carbocycles. The van der Waals surface area contributed by atoms with E-state index in [1.165, 1.54) is 10.4 Å². The number of hydrogen-bond donors (Lipinski definition) is 1. The highest BCUT2D eigenvalue weighted by Gasteiger charge is 2.04. The Balaban J connectivity index is 1.85. The van der Waals surface area contributed by atoms with Gasteiger partial charge in [0.2, 0.25) is 0 Å². The Kier molecular flexibility index (Phi) is 6.17. The molecular weight excluding hydrogens is 284 g/mol. The van der Waals surface area contributed by atoms with E-state index in [1.54, 1.807) is 18.4 Å². The number of aromatic nitrogens is 1. The predicted molar refractivity (Wildman–Crippen MR) is 85.9 cm³/mol. The minimum atomic E-state index is 0.528. The molecule has 114 valence electrons. The first-order valence-corrected chi connectivity index (χ1v) is 7.85. The number of nitrogens with zero attached hydrogens (tertiary/aromatic N) is 1. The predicted octanol–water partition coefficient (Wildman–Crippen LogP) is 3.07. The fourth-order valence-electron chi connectivity index (χ4n) is 1.90. The van der Waals surface area contributed by atoms with Gasteiger partial charge in [-0.2, -0.15) is 0 Å². The van der Waals surface area contributed by atoms with Crippen LogP contribution in [0.5, 0.6) is 5.75 Å². The van der Waals surface area contributed by atoms with Crippen molar-refractivity contribution < 1.29 is 9.47 Å². The van der Waals surface area contributed by atoms with Crippen LogP contribution in [-0.2, 0) is 17.9 Å². The maximum atomic E-state index is 5.82. The molecule has 2 rings (SSSR count). The summed E-state index contributed by atoms with van der Waals surface area (Å²) >= 11 is 1.69. The number of aryl methyl sites for hydroxylation is 2. The molecule has 2 aromatic rings. The minimum Gasteiger partial charge on any atom is -0.486 e. The average molecular weight is 306 g/mol. The van der Waals surface area contributed by atoms with E-state index in [4.69, 9.17) is 9.47 Å². The van der Waals surface area contributed by atoms with Crippen molar-refractivity contribution in [3.05, 3.63) is 45.4 Å². The van der Waals surface area contributed by atoms with Crippen molar-refractivity contribution in [2.45, 2.75) is 27.0 Å². The number of benzene rings is 1. The van der Waals surface area contributed by atoms with Crippen LogP contribution in [0.4, 0.5) is 0 Å². The Morgan fingerprint density at radius 3 is 2.86 bits per heavy atom. The van der Waals surface area contributed by atoms with Gasteiger partial charge in [-0.1, -0.05) is 12.1 Å². The highest BCUT2D eigenvalue weighted by Crippen LogP contribution is 2.19. The van der Waals surface area contributed by atoms with Crippen LogP contribution in [0.15, 0.2) is 24.3 Å². The molecule has 5 heteroatoms. The van der Waals surface area contributed by atoms with Gasteiger partial charge in [0.25, 0.3) is 0 Å². The maximum absolute atomic E-state index is 5.82. The van der Waals surface area contributed by atoms with Crippen molar-refractivity contribution in [2.75, 3.05) is 20.3 Å². The average Bonchev–Trinajstić information content (AvgIpc) is 2.81. The second-order valence-corrected chi connectivity index (χ2v) is 6.14. The summed E-state index contributed by atoms with van der Waals surface area (Å²) in [5.41, 5.74) is 2.30. The molecule has 21 heavy (non-hydrogen) atoms. The first kappa shape index (κ1) is 15.9. The van der Waals surface area contributed by atoms with Gasteiger partial charge in [0.15, 0.2) is 0 Å². The van der Waals surface area contributed by atoms with Gasteiger partial charge in [0.1, 0.15) is 17.4 Å².